The summed E-state index contributed by atoms with van der Waals surface area (Å²) in [5.41, 5.74) is 3.95. The lowest BCUT2D eigenvalue weighted by atomic mass is 9.94. The molecule has 1 aliphatic carbocycles. The third kappa shape index (κ3) is 4.82. The molecule has 0 radical (unpaired) electrons. The Morgan fingerprint density at radius 1 is 1.27 bits per heavy atom. The van der Waals surface area contributed by atoms with Gasteiger partial charge in [-0.1, -0.05) is 44.0 Å². The molecule has 22 heavy (non-hydrogen) atoms. The highest BCUT2D eigenvalue weighted by Crippen LogP contribution is 2.38. The summed E-state index contributed by atoms with van der Waals surface area (Å²) in [6, 6.07) is 8.37. The zero-order valence-electron chi connectivity index (χ0n) is 13.3. The van der Waals surface area contributed by atoms with E-state index in [2.05, 4.69) is 19.1 Å². The van der Waals surface area contributed by atoms with Gasteiger partial charge in [0.15, 0.2) is 0 Å². The van der Waals surface area contributed by atoms with Crippen LogP contribution in [0, 0.1) is 5.92 Å². The third-order valence-electron chi connectivity index (χ3n) is 4.74. The monoisotopic (exact) mass is 305 g/mol. The number of rotatable bonds is 7. The van der Waals surface area contributed by atoms with Crippen LogP contribution in [-0.2, 0) is 4.79 Å². The third-order valence-corrected chi connectivity index (χ3v) is 4.74. The van der Waals surface area contributed by atoms with E-state index >= 15 is 0 Å². The lowest BCUT2D eigenvalue weighted by Gasteiger charge is -2.14. The maximum Gasteiger partial charge on any atom is 0.243 e. The molecule has 4 heteroatoms. The number of nitrogens with one attached hydrogen (secondary N) is 1. The van der Waals surface area contributed by atoms with Crippen molar-refractivity contribution >= 4 is 5.91 Å². The van der Waals surface area contributed by atoms with Gasteiger partial charge in [0.1, 0.15) is 0 Å². The average molecular weight is 305 g/mol. The Bertz CT molecular complexity index is 472. The Morgan fingerprint density at radius 3 is 2.59 bits per heavy atom. The Hall–Kier alpha value is -1.39. The van der Waals surface area contributed by atoms with Gasteiger partial charge in [-0.05, 0) is 48.6 Å². The quantitative estimate of drug-likeness (QED) is 0.409. The molecule has 1 saturated carbocycles. The van der Waals surface area contributed by atoms with Crippen molar-refractivity contribution in [3.05, 3.63) is 35.4 Å². The van der Waals surface area contributed by atoms with E-state index < -0.39 is 6.10 Å². The van der Waals surface area contributed by atoms with E-state index in [0.717, 1.165) is 17.9 Å². The highest BCUT2D eigenvalue weighted by molar-refractivity contribution is 5.74. The summed E-state index contributed by atoms with van der Waals surface area (Å²) in [5.74, 6) is 1.13. The Balaban J connectivity index is 1.78. The Labute approximate surface area is 132 Å². The first-order valence-corrected chi connectivity index (χ1v) is 8.31. The number of amides is 1. The van der Waals surface area contributed by atoms with Crippen molar-refractivity contribution in [1.29, 1.82) is 0 Å². The summed E-state index contributed by atoms with van der Waals surface area (Å²) in [6.45, 7) is 2.31. The summed E-state index contributed by atoms with van der Waals surface area (Å²) in [5, 5.41) is 18.6. The predicted octanol–water partition coefficient (Wildman–Crippen LogP) is 3.69. The van der Waals surface area contributed by atoms with E-state index in [1.807, 2.05) is 12.1 Å². The molecule has 0 saturated heterocycles. The standard InChI is InChI=1S/C18H27NO3/c1-13-6-7-16(12-13)14-8-10-15(11-9-14)17(20)4-2-3-5-18(21)19-22/h8-11,13,16-17,20,22H,2-7,12H2,1H3,(H,19,21)/t13-,16?,17?/m0/s1. The molecule has 122 valence electrons. The van der Waals surface area contributed by atoms with Crippen molar-refractivity contribution < 1.29 is 15.1 Å². The minimum Gasteiger partial charge on any atom is -0.388 e. The highest BCUT2D eigenvalue weighted by Gasteiger charge is 2.22. The molecule has 2 unspecified atom stereocenters. The van der Waals surface area contributed by atoms with Crippen LogP contribution < -0.4 is 5.48 Å². The predicted molar refractivity (Wildman–Crippen MR) is 85.6 cm³/mol. The molecular formula is C18H27NO3. The van der Waals surface area contributed by atoms with Gasteiger partial charge in [0.2, 0.25) is 5.91 Å². The number of aliphatic hydroxyl groups is 1. The summed E-state index contributed by atoms with van der Waals surface area (Å²) >= 11 is 0. The van der Waals surface area contributed by atoms with Crippen molar-refractivity contribution in [3.63, 3.8) is 0 Å². The SMILES string of the molecule is C[C@H]1CCC(c2ccc(C(O)CCCCC(=O)NO)cc2)C1. The molecule has 0 aliphatic heterocycles. The molecule has 1 aromatic carbocycles. The van der Waals surface area contributed by atoms with E-state index in [4.69, 9.17) is 5.21 Å². The summed E-state index contributed by atoms with van der Waals surface area (Å²) in [4.78, 5) is 10.9. The van der Waals surface area contributed by atoms with Crippen LogP contribution in [0.3, 0.4) is 0 Å². The second-order valence-electron chi connectivity index (χ2n) is 6.58. The van der Waals surface area contributed by atoms with Crippen LogP contribution >= 0.6 is 0 Å². The fraction of sp³-hybridized carbons (Fsp3) is 0.611. The number of carbonyl (C=O) groups excluding carboxylic acids is 1. The van der Waals surface area contributed by atoms with E-state index in [-0.39, 0.29) is 5.91 Å². The number of hydroxylamine groups is 1. The molecule has 0 bridgehead atoms. The molecule has 1 aromatic rings. The van der Waals surface area contributed by atoms with E-state index in [1.165, 1.54) is 24.8 Å². The molecule has 3 atom stereocenters. The lowest BCUT2D eigenvalue weighted by Crippen LogP contribution is -2.17. The van der Waals surface area contributed by atoms with Gasteiger partial charge in [-0.25, -0.2) is 5.48 Å². The van der Waals surface area contributed by atoms with Crippen LogP contribution in [0.15, 0.2) is 24.3 Å². The fourth-order valence-corrected chi connectivity index (χ4v) is 3.35. The zero-order chi connectivity index (χ0) is 15.9. The summed E-state index contributed by atoms with van der Waals surface area (Å²) < 4.78 is 0. The van der Waals surface area contributed by atoms with Crippen molar-refractivity contribution in [2.24, 2.45) is 5.92 Å². The van der Waals surface area contributed by atoms with Gasteiger partial charge in [-0.15, -0.1) is 0 Å². The molecule has 2 rings (SSSR count). The molecule has 1 amide bonds. The van der Waals surface area contributed by atoms with Gasteiger partial charge in [-0.2, -0.15) is 0 Å². The Morgan fingerprint density at radius 2 is 2.00 bits per heavy atom. The fourth-order valence-electron chi connectivity index (χ4n) is 3.35. The number of hydrogen-bond donors (Lipinski definition) is 3. The second kappa shape index (κ2) is 8.30. The second-order valence-corrected chi connectivity index (χ2v) is 6.58. The smallest absolute Gasteiger partial charge is 0.243 e. The number of unbranched alkanes of at least 4 members (excludes halogenated alkanes) is 1. The number of aliphatic hydroxyl groups excluding tert-OH is 1. The van der Waals surface area contributed by atoms with Gasteiger partial charge in [0.25, 0.3) is 0 Å². The van der Waals surface area contributed by atoms with Crippen LogP contribution in [0.25, 0.3) is 0 Å². The average Bonchev–Trinajstić information content (AvgIpc) is 2.97. The van der Waals surface area contributed by atoms with Crippen molar-refractivity contribution in [1.82, 2.24) is 5.48 Å². The van der Waals surface area contributed by atoms with Gasteiger partial charge >= 0.3 is 0 Å². The molecule has 0 spiro atoms. The molecule has 1 aliphatic rings. The largest absolute Gasteiger partial charge is 0.388 e. The number of benzene rings is 1. The lowest BCUT2D eigenvalue weighted by molar-refractivity contribution is -0.129. The maximum absolute atomic E-state index is 10.9. The van der Waals surface area contributed by atoms with Gasteiger partial charge in [0.05, 0.1) is 6.10 Å². The molecule has 4 nitrogen and oxygen atoms in total. The minimum atomic E-state index is -0.478. The zero-order valence-corrected chi connectivity index (χ0v) is 13.3. The van der Waals surface area contributed by atoms with Crippen molar-refractivity contribution in [2.75, 3.05) is 0 Å². The minimum absolute atomic E-state index is 0.294. The van der Waals surface area contributed by atoms with E-state index in [0.29, 0.717) is 25.2 Å². The molecule has 3 N–H and O–H groups in total. The van der Waals surface area contributed by atoms with Crippen molar-refractivity contribution in [3.8, 4) is 0 Å². The molecular weight excluding hydrogens is 278 g/mol. The Kier molecular flexibility index (Phi) is 6.40. The molecule has 0 aromatic heterocycles. The van der Waals surface area contributed by atoms with Crippen molar-refractivity contribution in [2.45, 2.75) is 63.9 Å². The molecule has 1 fully saturated rings. The van der Waals surface area contributed by atoms with Gasteiger partial charge in [0, 0.05) is 6.42 Å². The van der Waals surface area contributed by atoms with Crippen LogP contribution in [0.4, 0.5) is 0 Å². The number of hydrogen-bond acceptors (Lipinski definition) is 3. The normalized spacial score (nSPS) is 22.5. The topological polar surface area (TPSA) is 69.6 Å². The first-order valence-electron chi connectivity index (χ1n) is 8.31. The molecule has 0 heterocycles. The van der Waals surface area contributed by atoms with E-state index in [1.54, 1.807) is 5.48 Å². The number of carbonyl (C=O) groups is 1. The highest BCUT2D eigenvalue weighted by atomic mass is 16.5. The van der Waals surface area contributed by atoms with Gasteiger partial charge < -0.3 is 5.11 Å². The van der Waals surface area contributed by atoms with Crippen LogP contribution in [0.1, 0.15) is 75.0 Å². The maximum atomic E-state index is 10.9. The van der Waals surface area contributed by atoms with E-state index in [9.17, 15) is 9.90 Å². The first-order chi connectivity index (χ1) is 10.6. The first kappa shape index (κ1) is 17.0. The van der Waals surface area contributed by atoms with Gasteiger partial charge in [-0.3, -0.25) is 10.0 Å². The van der Waals surface area contributed by atoms with Crippen LogP contribution in [-0.4, -0.2) is 16.2 Å². The summed E-state index contributed by atoms with van der Waals surface area (Å²) in [7, 11) is 0. The van der Waals surface area contributed by atoms with Crippen LogP contribution in [0.2, 0.25) is 0 Å². The summed E-state index contributed by atoms with van der Waals surface area (Å²) in [6.07, 6.45) is 5.74. The van der Waals surface area contributed by atoms with Crippen LogP contribution in [0.5, 0.6) is 0 Å².